The van der Waals surface area contributed by atoms with Crippen LogP contribution < -0.4 is 5.32 Å². The Bertz CT molecular complexity index is 354. The zero-order valence-electron chi connectivity index (χ0n) is 11.7. The highest BCUT2D eigenvalue weighted by Crippen LogP contribution is 2.16. The molecule has 0 aliphatic rings. The number of hydrogen-bond donors (Lipinski definition) is 2. The van der Waals surface area contributed by atoms with Crippen molar-refractivity contribution >= 4 is 0 Å². The zero-order valence-corrected chi connectivity index (χ0v) is 11.7. The van der Waals surface area contributed by atoms with E-state index >= 15 is 0 Å². The van der Waals surface area contributed by atoms with Crippen LogP contribution in [0.1, 0.15) is 36.1 Å². The molecule has 0 saturated carbocycles. The molecule has 1 aromatic carbocycles. The van der Waals surface area contributed by atoms with Crippen LogP contribution in [-0.4, -0.2) is 23.8 Å². The van der Waals surface area contributed by atoms with Crippen LogP contribution in [0.25, 0.3) is 0 Å². The standard InChI is InChI=1S/C15H25NO/c1-11-8-12(2)14(13(3)9-11)6-7-16-10-15(4,5)17/h8-9,16-17H,6-7,10H2,1-5H3. The van der Waals surface area contributed by atoms with Gasteiger partial charge in [0.25, 0.3) is 0 Å². The van der Waals surface area contributed by atoms with Crippen LogP contribution in [0.2, 0.25) is 0 Å². The Kier molecular flexibility index (Phi) is 4.72. The van der Waals surface area contributed by atoms with E-state index in [1.165, 1.54) is 22.3 Å². The zero-order chi connectivity index (χ0) is 13.1. The van der Waals surface area contributed by atoms with Crippen molar-refractivity contribution in [2.24, 2.45) is 0 Å². The van der Waals surface area contributed by atoms with Gasteiger partial charge in [0.2, 0.25) is 0 Å². The summed E-state index contributed by atoms with van der Waals surface area (Å²) >= 11 is 0. The van der Waals surface area contributed by atoms with Crippen molar-refractivity contribution in [3.63, 3.8) is 0 Å². The second-order valence-corrected chi connectivity index (χ2v) is 5.62. The molecule has 0 radical (unpaired) electrons. The third kappa shape index (κ3) is 4.88. The highest BCUT2D eigenvalue weighted by atomic mass is 16.3. The smallest absolute Gasteiger partial charge is 0.0715 e. The molecule has 1 rings (SSSR count). The molecule has 17 heavy (non-hydrogen) atoms. The molecule has 2 N–H and O–H groups in total. The Labute approximate surface area is 105 Å². The van der Waals surface area contributed by atoms with E-state index in [4.69, 9.17) is 0 Å². The van der Waals surface area contributed by atoms with Crippen LogP contribution in [0.15, 0.2) is 12.1 Å². The first-order valence-electron chi connectivity index (χ1n) is 6.29. The molecule has 0 atom stereocenters. The lowest BCUT2D eigenvalue weighted by Gasteiger charge is -2.18. The molecule has 0 fully saturated rings. The van der Waals surface area contributed by atoms with Gasteiger partial charge in [-0.1, -0.05) is 17.7 Å². The fourth-order valence-corrected chi connectivity index (χ4v) is 2.21. The summed E-state index contributed by atoms with van der Waals surface area (Å²) in [5, 5.41) is 12.9. The summed E-state index contributed by atoms with van der Waals surface area (Å²) in [6.45, 7) is 11.7. The van der Waals surface area contributed by atoms with E-state index in [1.54, 1.807) is 0 Å². The van der Waals surface area contributed by atoms with E-state index in [9.17, 15) is 5.11 Å². The van der Waals surface area contributed by atoms with Gasteiger partial charge in [0, 0.05) is 6.54 Å². The highest BCUT2D eigenvalue weighted by molar-refractivity contribution is 5.37. The molecular weight excluding hydrogens is 210 g/mol. The SMILES string of the molecule is Cc1cc(C)c(CCNCC(C)(C)O)c(C)c1. The van der Waals surface area contributed by atoms with Gasteiger partial charge in [0.15, 0.2) is 0 Å². The number of aryl methyl sites for hydroxylation is 3. The molecule has 0 amide bonds. The number of rotatable bonds is 5. The first-order valence-corrected chi connectivity index (χ1v) is 6.29. The third-order valence-electron chi connectivity index (χ3n) is 2.95. The Morgan fingerprint density at radius 3 is 2.12 bits per heavy atom. The third-order valence-corrected chi connectivity index (χ3v) is 2.95. The minimum absolute atomic E-state index is 0.628. The topological polar surface area (TPSA) is 32.3 Å². The lowest BCUT2D eigenvalue weighted by molar-refractivity contribution is 0.0801. The van der Waals surface area contributed by atoms with Crippen LogP contribution in [0.5, 0.6) is 0 Å². The Balaban J connectivity index is 2.53. The van der Waals surface area contributed by atoms with Crippen LogP contribution in [0.3, 0.4) is 0 Å². The van der Waals surface area contributed by atoms with Crippen LogP contribution in [0, 0.1) is 20.8 Å². The van der Waals surface area contributed by atoms with Gasteiger partial charge in [-0.3, -0.25) is 0 Å². The molecule has 0 spiro atoms. The molecule has 0 heterocycles. The predicted molar refractivity (Wildman–Crippen MR) is 73.5 cm³/mol. The fraction of sp³-hybridized carbons (Fsp3) is 0.600. The maximum atomic E-state index is 9.60. The normalized spacial score (nSPS) is 11.9. The van der Waals surface area contributed by atoms with Gasteiger partial charge in [0.1, 0.15) is 0 Å². The van der Waals surface area contributed by atoms with E-state index in [0.717, 1.165) is 13.0 Å². The summed E-state index contributed by atoms with van der Waals surface area (Å²) in [5.41, 5.74) is 4.87. The fourth-order valence-electron chi connectivity index (χ4n) is 2.21. The van der Waals surface area contributed by atoms with Crippen LogP contribution >= 0.6 is 0 Å². The minimum Gasteiger partial charge on any atom is -0.389 e. The first-order chi connectivity index (χ1) is 7.79. The van der Waals surface area contributed by atoms with E-state index in [2.05, 4.69) is 38.2 Å². The number of benzene rings is 1. The highest BCUT2D eigenvalue weighted by Gasteiger charge is 2.11. The molecule has 0 aromatic heterocycles. The second kappa shape index (κ2) is 5.65. The van der Waals surface area contributed by atoms with Crippen molar-refractivity contribution in [3.05, 3.63) is 34.4 Å². The molecule has 0 aliphatic heterocycles. The quantitative estimate of drug-likeness (QED) is 0.769. The Morgan fingerprint density at radius 1 is 1.12 bits per heavy atom. The van der Waals surface area contributed by atoms with Gasteiger partial charge >= 0.3 is 0 Å². The molecule has 2 nitrogen and oxygen atoms in total. The van der Waals surface area contributed by atoms with E-state index in [1.807, 2.05) is 13.8 Å². The molecule has 0 bridgehead atoms. The van der Waals surface area contributed by atoms with Crippen LogP contribution in [-0.2, 0) is 6.42 Å². The Hall–Kier alpha value is -0.860. The molecule has 1 aromatic rings. The van der Waals surface area contributed by atoms with Gasteiger partial charge in [0.05, 0.1) is 5.60 Å². The maximum absolute atomic E-state index is 9.60. The van der Waals surface area contributed by atoms with Crippen molar-refractivity contribution in [1.29, 1.82) is 0 Å². The molecule has 0 saturated heterocycles. The first kappa shape index (κ1) is 14.2. The largest absolute Gasteiger partial charge is 0.389 e. The van der Waals surface area contributed by atoms with Crippen molar-refractivity contribution in [1.82, 2.24) is 5.32 Å². The summed E-state index contributed by atoms with van der Waals surface area (Å²) in [4.78, 5) is 0. The van der Waals surface area contributed by atoms with E-state index < -0.39 is 5.60 Å². The van der Waals surface area contributed by atoms with E-state index in [0.29, 0.717) is 6.54 Å². The van der Waals surface area contributed by atoms with Gasteiger partial charge in [-0.25, -0.2) is 0 Å². The lowest BCUT2D eigenvalue weighted by Crippen LogP contribution is -2.35. The average molecular weight is 235 g/mol. The monoisotopic (exact) mass is 235 g/mol. The summed E-state index contributed by atoms with van der Waals surface area (Å²) in [5.74, 6) is 0. The minimum atomic E-state index is -0.628. The van der Waals surface area contributed by atoms with Gasteiger partial charge in [-0.2, -0.15) is 0 Å². The van der Waals surface area contributed by atoms with Crippen molar-refractivity contribution in [2.75, 3.05) is 13.1 Å². The second-order valence-electron chi connectivity index (χ2n) is 5.62. The van der Waals surface area contributed by atoms with Gasteiger partial charge < -0.3 is 10.4 Å². The lowest BCUT2D eigenvalue weighted by atomic mass is 9.97. The number of aliphatic hydroxyl groups is 1. The maximum Gasteiger partial charge on any atom is 0.0715 e. The summed E-state index contributed by atoms with van der Waals surface area (Å²) < 4.78 is 0. The molecular formula is C15H25NO. The Morgan fingerprint density at radius 2 is 1.65 bits per heavy atom. The number of hydrogen-bond acceptors (Lipinski definition) is 2. The van der Waals surface area contributed by atoms with Gasteiger partial charge in [-0.05, 0) is 64.3 Å². The molecule has 2 heteroatoms. The van der Waals surface area contributed by atoms with E-state index in [-0.39, 0.29) is 0 Å². The summed E-state index contributed by atoms with van der Waals surface area (Å²) in [6, 6.07) is 4.47. The van der Waals surface area contributed by atoms with Crippen LogP contribution in [0.4, 0.5) is 0 Å². The number of nitrogens with one attached hydrogen (secondary N) is 1. The van der Waals surface area contributed by atoms with Crippen molar-refractivity contribution in [2.45, 2.75) is 46.6 Å². The molecule has 0 aliphatic carbocycles. The molecule has 96 valence electrons. The summed E-state index contributed by atoms with van der Waals surface area (Å²) in [6.07, 6.45) is 1.02. The van der Waals surface area contributed by atoms with Crippen molar-refractivity contribution < 1.29 is 5.11 Å². The van der Waals surface area contributed by atoms with Crippen molar-refractivity contribution in [3.8, 4) is 0 Å². The van der Waals surface area contributed by atoms with Gasteiger partial charge in [-0.15, -0.1) is 0 Å². The molecule has 0 unspecified atom stereocenters. The average Bonchev–Trinajstić information content (AvgIpc) is 2.13. The predicted octanol–water partition coefficient (Wildman–Crippen LogP) is 2.51. The summed E-state index contributed by atoms with van der Waals surface area (Å²) in [7, 11) is 0.